The fourth-order valence-corrected chi connectivity index (χ4v) is 2.31. The zero-order chi connectivity index (χ0) is 10.8. The Labute approximate surface area is 97.4 Å². The van der Waals surface area contributed by atoms with Gasteiger partial charge in [0.15, 0.2) is 0 Å². The summed E-state index contributed by atoms with van der Waals surface area (Å²) in [7, 11) is 1.94. The third kappa shape index (κ3) is 1.92. The van der Waals surface area contributed by atoms with E-state index in [4.69, 9.17) is 5.73 Å². The molecule has 1 aromatic heterocycles. The zero-order valence-electron chi connectivity index (χ0n) is 8.70. The standard InChI is InChI=1S/C11H14BrN3/c1-15-11(12)10-8(5-3-7-13)4-2-6-9(10)14-15/h2,4,6H,3,5,7,13H2,1H3. The highest BCUT2D eigenvalue weighted by Crippen LogP contribution is 2.27. The van der Waals surface area contributed by atoms with Crippen LogP contribution in [0.5, 0.6) is 0 Å². The molecule has 0 atom stereocenters. The Morgan fingerprint density at radius 2 is 2.27 bits per heavy atom. The predicted molar refractivity (Wildman–Crippen MR) is 65.8 cm³/mol. The molecule has 80 valence electrons. The second-order valence-electron chi connectivity index (χ2n) is 3.62. The lowest BCUT2D eigenvalue weighted by molar-refractivity contribution is 0.760. The van der Waals surface area contributed by atoms with Crippen molar-refractivity contribution in [3.8, 4) is 0 Å². The molecule has 0 aliphatic carbocycles. The Morgan fingerprint density at radius 1 is 1.47 bits per heavy atom. The highest BCUT2D eigenvalue weighted by atomic mass is 79.9. The first-order valence-electron chi connectivity index (χ1n) is 5.04. The summed E-state index contributed by atoms with van der Waals surface area (Å²) in [6.45, 7) is 0.730. The summed E-state index contributed by atoms with van der Waals surface area (Å²) in [5.41, 5.74) is 7.89. The van der Waals surface area contributed by atoms with Gasteiger partial charge in [-0.3, -0.25) is 4.68 Å². The third-order valence-corrected chi connectivity index (χ3v) is 3.44. The topological polar surface area (TPSA) is 43.8 Å². The van der Waals surface area contributed by atoms with Crippen molar-refractivity contribution in [1.29, 1.82) is 0 Å². The van der Waals surface area contributed by atoms with Crippen LogP contribution in [0.3, 0.4) is 0 Å². The van der Waals surface area contributed by atoms with Gasteiger partial charge in [-0.2, -0.15) is 5.10 Å². The van der Waals surface area contributed by atoms with E-state index in [1.54, 1.807) is 0 Å². The summed E-state index contributed by atoms with van der Waals surface area (Å²) in [6, 6.07) is 6.23. The normalized spacial score (nSPS) is 11.1. The maximum atomic E-state index is 5.53. The van der Waals surface area contributed by atoms with Gasteiger partial charge in [-0.15, -0.1) is 0 Å². The molecule has 2 rings (SSSR count). The minimum Gasteiger partial charge on any atom is -0.330 e. The molecule has 0 aliphatic rings. The van der Waals surface area contributed by atoms with Crippen LogP contribution in [0, 0.1) is 0 Å². The molecule has 3 nitrogen and oxygen atoms in total. The van der Waals surface area contributed by atoms with E-state index in [2.05, 4.69) is 27.1 Å². The van der Waals surface area contributed by atoms with E-state index < -0.39 is 0 Å². The molecule has 0 spiro atoms. The van der Waals surface area contributed by atoms with Crippen LogP contribution in [0.2, 0.25) is 0 Å². The van der Waals surface area contributed by atoms with Crippen LogP contribution in [0.15, 0.2) is 22.8 Å². The quantitative estimate of drug-likeness (QED) is 0.927. The van der Waals surface area contributed by atoms with Crippen LogP contribution in [-0.2, 0) is 13.5 Å². The Morgan fingerprint density at radius 3 is 3.00 bits per heavy atom. The van der Waals surface area contributed by atoms with Crippen molar-refractivity contribution >= 4 is 26.8 Å². The van der Waals surface area contributed by atoms with Gasteiger partial charge < -0.3 is 5.73 Å². The highest BCUT2D eigenvalue weighted by Gasteiger charge is 2.09. The van der Waals surface area contributed by atoms with Crippen molar-refractivity contribution < 1.29 is 0 Å². The summed E-state index contributed by atoms with van der Waals surface area (Å²) in [5, 5.41) is 5.64. The fourth-order valence-electron chi connectivity index (χ4n) is 1.78. The smallest absolute Gasteiger partial charge is 0.111 e. The number of nitrogens with zero attached hydrogens (tertiary/aromatic N) is 2. The Balaban J connectivity index is 2.53. The molecule has 0 amide bonds. The van der Waals surface area contributed by atoms with Crippen molar-refractivity contribution in [2.45, 2.75) is 12.8 Å². The lowest BCUT2D eigenvalue weighted by atomic mass is 10.1. The second kappa shape index (κ2) is 4.33. The maximum Gasteiger partial charge on any atom is 0.111 e. The Hall–Kier alpha value is -0.870. The van der Waals surface area contributed by atoms with Crippen LogP contribution in [0.1, 0.15) is 12.0 Å². The van der Waals surface area contributed by atoms with Gasteiger partial charge in [0.1, 0.15) is 4.60 Å². The first-order chi connectivity index (χ1) is 7.24. The molecule has 15 heavy (non-hydrogen) atoms. The number of fused-ring (bicyclic) bond motifs is 1. The van der Waals surface area contributed by atoms with Crippen molar-refractivity contribution in [1.82, 2.24) is 9.78 Å². The van der Waals surface area contributed by atoms with Crippen LogP contribution < -0.4 is 5.73 Å². The van der Waals surface area contributed by atoms with Crippen molar-refractivity contribution in [2.24, 2.45) is 12.8 Å². The van der Waals surface area contributed by atoms with Gasteiger partial charge in [0, 0.05) is 12.4 Å². The zero-order valence-corrected chi connectivity index (χ0v) is 10.3. The van der Waals surface area contributed by atoms with E-state index in [-0.39, 0.29) is 0 Å². The number of halogens is 1. The van der Waals surface area contributed by atoms with Crippen molar-refractivity contribution in [3.63, 3.8) is 0 Å². The lowest BCUT2D eigenvalue weighted by Gasteiger charge is -2.01. The van der Waals surface area contributed by atoms with Crippen LogP contribution in [-0.4, -0.2) is 16.3 Å². The molecule has 1 aromatic carbocycles. The van der Waals surface area contributed by atoms with Gasteiger partial charge >= 0.3 is 0 Å². The number of nitrogens with two attached hydrogens (primary N) is 1. The average molecular weight is 268 g/mol. The summed E-state index contributed by atoms with van der Waals surface area (Å²) in [4.78, 5) is 0. The van der Waals surface area contributed by atoms with Crippen LogP contribution >= 0.6 is 15.9 Å². The SMILES string of the molecule is Cn1nc2cccc(CCCN)c2c1Br. The number of aryl methyl sites for hydroxylation is 2. The van der Waals surface area contributed by atoms with E-state index in [0.29, 0.717) is 0 Å². The third-order valence-electron chi connectivity index (χ3n) is 2.53. The van der Waals surface area contributed by atoms with Crippen LogP contribution in [0.25, 0.3) is 10.9 Å². The molecule has 0 fully saturated rings. The summed E-state index contributed by atoms with van der Waals surface area (Å²) in [6.07, 6.45) is 2.03. The summed E-state index contributed by atoms with van der Waals surface area (Å²) < 4.78 is 2.90. The number of hydrogen-bond donors (Lipinski definition) is 1. The predicted octanol–water partition coefficient (Wildman–Crippen LogP) is 2.23. The van der Waals surface area contributed by atoms with Gasteiger partial charge in [0.25, 0.3) is 0 Å². The Bertz CT molecular complexity index is 476. The molecule has 1 heterocycles. The molecule has 0 saturated heterocycles. The molecule has 2 N–H and O–H groups in total. The molecule has 2 aromatic rings. The summed E-state index contributed by atoms with van der Waals surface area (Å²) >= 11 is 3.56. The average Bonchev–Trinajstić information content (AvgIpc) is 2.53. The highest BCUT2D eigenvalue weighted by molar-refractivity contribution is 9.10. The molecule has 0 aliphatic heterocycles. The number of benzene rings is 1. The van der Waals surface area contributed by atoms with Gasteiger partial charge in [-0.1, -0.05) is 12.1 Å². The molecule has 0 bridgehead atoms. The first kappa shape index (κ1) is 10.6. The van der Waals surface area contributed by atoms with E-state index in [1.807, 2.05) is 23.9 Å². The number of rotatable bonds is 3. The monoisotopic (exact) mass is 267 g/mol. The maximum absolute atomic E-state index is 5.53. The second-order valence-corrected chi connectivity index (χ2v) is 4.37. The number of hydrogen-bond acceptors (Lipinski definition) is 2. The van der Waals surface area contributed by atoms with Crippen molar-refractivity contribution in [3.05, 3.63) is 28.4 Å². The molecule has 0 radical (unpaired) electrons. The molecular formula is C11H14BrN3. The number of aromatic nitrogens is 2. The first-order valence-corrected chi connectivity index (χ1v) is 5.83. The van der Waals surface area contributed by atoms with Crippen molar-refractivity contribution in [2.75, 3.05) is 6.54 Å². The van der Waals surface area contributed by atoms with Gasteiger partial charge in [0.2, 0.25) is 0 Å². The van der Waals surface area contributed by atoms with E-state index in [0.717, 1.165) is 29.5 Å². The van der Waals surface area contributed by atoms with Crippen LogP contribution in [0.4, 0.5) is 0 Å². The molecule has 0 saturated carbocycles. The van der Waals surface area contributed by atoms with E-state index in [1.165, 1.54) is 10.9 Å². The molecule has 0 unspecified atom stereocenters. The lowest BCUT2D eigenvalue weighted by Crippen LogP contribution is -2.00. The van der Waals surface area contributed by atoms with Gasteiger partial charge in [-0.25, -0.2) is 0 Å². The van der Waals surface area contributed by atoms with Gasteiger partial charge in [0.05, 0.1) is 5.52 Å². The summed E-state index contributed by atoms with van der Waals surface area (Å²) in [5.74, 6) is 0. The largest absolute Gasteiger partial charge is 0.330 e. The Kier molecular flexibility index (Phi) is 3.07. The van der Waals surface area contributed by atoms with Gasteiger partial charge in [-0.05, 0) is 46.9 Å². The minimum absolute atomic E-state index is 0.730. The molecular weight excluding hydrogens is 254 g/mol. The fraction of sp³-hybridized carbons (Fsp3) is 0.364. The van der Waals surface area contributed by atoms with E-state index in [9.17, 15) is 0 Å². The minimum atomic E-state index is 0.730. The van der Waals surface area contributed by atoms with E-state index >= 15 is 0 Å². The molecule has 4 heteroatoms.